The molecule has 0 saturated carbocycles. The molecule has 5 rings (SSSR count). The van der Waals surface area contributed by atoms with Crippen molar-refractivity contribution in [2.45, 2.75) is 51.2 Å². The molecule has 2 N–H and O–H groups in total. The minimum absolute atomic E-state index is 0.0912. The van der Waals surface area contributed by atoms with Gasteiger partial charge in [-0.1, -0.05) is 12.1 Å². The van der Waals surface area contributed by atoms with Crippen LogP contribution in [0.5, 0.6) is 0 Å². The van der Waals surface area contributed by atoms with E-state index in [-0.39, 0.29) is 24.1 Å². The number of hydrogen-bond donors (Lipinski definition) is 2. The summed E-state index contributed by atoms with van der Waals surface area (Å²) < 4.78 is 0. The summed E-state index contributed by atoms with van der Waals surface area (Å²) in [7, 11) is 0. The third-order valence-electron chi connectivity index (χ3n) is 7.15. The molecule has 0 aromatic heterocycles. The Morgan fingerprint density at radius 1 is 1.17 bits per heavy atom. The van der Waals surface area contributed by atoms with Gasteiger partial charge >= 0.3 is 0 Å². The Hall–Kier alpha value is -2.25. The second-order valence-electron chi connectivity index (χ2n) is 9.08. The lowest BCUT2D eigenvalue weighted by Crippen LogP contribution is -2.52. The summed E-state index contributed by atoms with van der Waals surface area (Å²) in [6, 6.07) is 5.39. The monoisotopic (exact) mass is 396 g/mol. The van der Waals surface area contributed by atoms with Crippen molar-refractivity contribution in [3.63, 3.8) is 0 Å². The molecule has 3 fully saturated rings. The normalized spacial score (nSPS) is 30.1. The maximum absolute atomic E-state index is 13.0. The fraction of sp³-hybridized carbons (Fsp3) is 0.591. The standard InChI is InChI=1S/C22H28N4O3/c27-19-6-5-18(20(28)24-19)26-12-17-15(3-1-4-16(17)21(26)29)11-25-10-2-7-22(14-25)8-9-23-13-22/h1,3-4,18,23H,2,5-14H2,(H,24,27,28). The second-order valence-corrected chi connectivity index (χ2v) is 9.08. The minimum Gasteiger partial charge on any atom is -0.322 e. The predicted octanol–water partition coefficient (Wildman–Crippen LogP) is 1.02. The maximum Gasteiger partial charge on any atom is 0.255 e. The van der Waals surface area contributed by atoms with Crippen LogP contribution in [0, 0.1) is 5.41 Å². The first kappa shape index (κ1) is 18.8. The number of benzene rings is 1. The van der Waals surface area contributed by atoms with Gasteiger partial charge in [-0.3, -0.25) is 24.6 Å². The first-order chi connectivity index (χ1) is 14.0. The van der Waals surface area contributed by atoms with Crippen molar-refractivity contribution in [1.29, 1.82) is 0 Å². The molecule has 3 saturated heterocycles. The highest BCUT2D eigenvalue weighted by Crippen LogP contribution is 2.37. The Bertz CT molecular complexity index is 862. The smallest absolute Gasteiger partial charge is 0.255 e. The molecule has 4 heterocycles. The number of amides is 3. The van der Waals surface area contributed by atoms with Crippen molar-refractivity contribution >= 4 is 17.7 Å². The molecule has 1 aromatic rings. The van der Waals surface area contributed by atoms with Gasteiger partial charge in [-0.25, -0.2) is 0 Å². The van der Waals surface area contributed by atoms with E-state index in [0.29, 0.717) is 23.9 Å². The zero-order valence-electron chi connectivity index (χ0n) is 16.7. The SMILES string of the molecule is O=C1CCC(N2Cc3c(CN4CCCC5(CCNC5)C4)cccc3C2=O)C(=O)N1. The molecule has 3 amide bonds. The lowest BCUT2D eigenvalue weighted by Gasteiger charge is -2.40. The molecule has 0 radical (unpaired) electrons. The highest BCUT2D eigenvalue weighted by atomic mass is 16.2. The Kier molecular flexibility index (Phi) is 4.67. The molecule has 154 valence electrons. The van der Waals surface area contributed by atoms with Crippen LogP contribution in [-0.4, -0.2) is 59.7 Å². The van der Waals surface area contributed by atoms with Crippen LogP contribution >= 0.6 is 0 Å². The van der Waals surface area contributed by atoms with Gasteiger partial charge in [0.05, 0.1) is 0 Å². The van der Waals surface area contributed by atoms with E-state index in [1.54, 1.807) is 4.90 Å². The van der Waals surface area contributed by atoms with Crippen LogP contribution < -0.4 is 10.6 Å². The van der Waals surface area contributed by atoms with Crippen molar-refractivity contribution in [2.24, 2.45) is 5.41 Å². The van der Waals surface area contributed by atoms with Gasteiger partial charge < -0.3 is 10.2 Å². The van der Waals surface area contributed by atoms with E-state index < -0.39 is 6.04 Å². The van der Waals surface area contributed by atoms with E-state index in [1.165, 1.54) is 24.8 Å². The van der Waals surface area contributed by atoms with E-state index in [2.05, 4.69) is 21.6 Å². The molecular weight excluding hydrogens is 368 g/mol. The molecule has 0 bridgehead atoms. The summed E-state index contributed by atoms with van der Waals surface area (Å²) in [6.07, 6.45) is 4.45. The number of carbonyl (C=O) groups is 3. The summed E-state index contributed by atoms with van der Waals surface area (Å²) in [5, 5.41) is 5.90. The minimum atomic E-state index is -0.553. The summed E-state index contributed by atoms with van der Waals surface area (Å²) >= 11 is 0. The van der Waals surface area contributed by atoms with Gasteiger partial charge in [0.25, 0.3) is 5.91 Å². The van der Waals surface area contributed by atoms with Gasteiger partial charge in [0.1, 0.15) is 6.04 Å². The number of piperidine rings is 2. The summed E-state index contributed by atoms with van der Waals surface area (Å²) in [4.78, 5) is 41.0. The van der Waals surface area contributed by atoms with Gasteiger partial charge in [-0.2, -0.15) is 0 Å². The molecule has 0 aliphatic carbocycles. The number of nitrogens with zero attached hydrogens (tertiary/aromatic N) is 2. The number of rotatable bonds is 3. The highest BCUT2D eigenvalue weighted by Gasteiger charge is 2.41. The van der Waals surface area contributed by atoms with Crippen molar-refractivity contribution in [3.8, 4) is 0 Å². The fourth-order valence-electron chi connectivity index (χ4n) is 5.63. The quantitative estimate of drug-likeness (QED) is 0.746. The Labute approximate surface area is 170 Å². The van der Waals surface area contributed by atoms with Crippen molar-refractivity contribution in [2.75, 3.05) is 26.2 Å². The number of carbonyl (C=O) groups excluding carboxylic acids is 3. The van der Waals surface area contributed by atoms with Crippen LogP contribution in [0.4, 0.5) is 0 Å². The fourth-order valence-corrected chi connectivity index (χ4v) is 5.63. The molecule has 2 unspecified atom stereocenters. The van der Waals surface area contributed by atoms with Gasteiger partial charge in [0.15, 0.2) is 0 Å². The molecule has 7 heteroatoms. The van der Waals surface area contributed by atoms with Gasteiger partial charge in [0, 0.05) is 38.2 Å². The third kappa shape index (κ3) is 3.36. The Morgan fingerprint density at radius 2 is 2.07 bits per heavy atom. The van der Waals surface area contributed by atoms with Crippen molar-refractivity contribution in [3.05, 3.63) is 34.9 Å². The van der Waals surface area contributed by atoms with Crippen LogP contribution in [0.3, 0.4) is 0 Å². The van der Waals surface area contributed by atoms with Crippen LogP contribution in [0.1, 0.15) is 53.6 Å². The third-order valence-corrected chi connectivity index (χ3v) is 7.15. The number of nitrogens with one attached hydrogen (secondary N) is 2. The number of fused-ring (bicyclic) bond motifs is 1. The molecule has 2 atom stereocenters. The Balaban J connectivity index is 1.34. The largest absolute Gasteiger partial charge is 0.322 e. The summed E-state index contributed by atoms with van der Waals surface area (Å²) in [6.45, 7) is 5.73. The highest BCUT2D eigenvalue weighted by molar-refractivity contribution is 6.05. The topological polar surface area (TPSA) is 81.8 Å². The number of likely N-dealkylation sites (tertiary alicyclic amines) is 1. The Morgan fingerprint density at radius 3 is 2.86 bits per heavy atom. The van der Waals surface area contributed by atoms with Crippen molar-refractivity contribution in [1.82, 2.24) is 20.4 Å². The van der Waals surface area contributed by atoms with E-state index in [4.69, 9.17) is 0 Å². The molecule has 29 heavy (non-hydrogen) atoms. The van der Waals surface area contributed by atoms with E-state index in [1.807, 2.05) is 12.1 Å². The van der Waals surface area contributed by atoms with Gasteiger partial charge in [0.2, 0.25) is 11.8 Å². The lowest BCUT2D eigenvalue weighted by molar-refractivity contribution is -0.136. The van der Waals surface area contributed by atoms with Gasteiger partial charge in [-0.05, 0) is 61.4 Å². The predicted molar refractivity (Wildman–Crippen MR) is 107 cm³/mol. The maximum atomic E-state index is 13.0. The molecule has 4 aliphatic rings. The summed E-state index contributed by atoms with van der Waals surface area (Å²) in [5.74, 6) is -0.696. The van der Waals surface area contributed by atoms with E-state index in [0.717, 1.165) is 38.3 Å². The lowest BCUT2D eigenvalue weighted by atomic mass is 9.79. The van der Waals surface area contributed by atoms with E-state index >= 15 is 0 Å². The molecule has 1 aromatic carbocycles. The van der Waals surface area contributed by atoms with Crippen LogP contribution in [-0.2, 0) is 22.7 Å². The molecule has 7 nitrogen and oxygen atoms in total. The van der Waals surface area contributed by atoms with Crippen LogP contribution in [0.2, 0.25) is 0 Å². The first-order valence-corrected chi connectivity index (χ1v) is 10.7. The molecular formula is C22H28N4O3. The summed E-state index contributed by atoms with van der Waals surface area (Å²) in [5.41, 5.74) is 3.35. The van der Waals surface area contributed by atoms with Crippen LogP contribution in [0.25, 0.3) is 0 Å². The molecule has 1 spiro atoms. The second kappa shape index (κ2) is 7.22. The number of hydrogen-bond acceptors (Lipinski definition) is 5. The number of imide groups is 1. The molecule has 4 aliphatic heterocycles. The van der Waals surface area contributed by atoms with Gasteiger partial charge in [-0.15, -0.1) is 0 Å². The average molecular weight is 396 g/mol. The van der Waals surface area contributed by atoms with Crippen molar-refractivity contribution < 1.29 is 14.4 Å². The zero-order chi connectivity index (χ0) is 20.0. The average Bonchev–Trinajstić information content (AvgIpc) is 3.28. The van der Waals surface area contributed by atoms with Crippen LogP contribution in [0.15, 0.2) is 18.2 Å². The zero-order valence-corrected chi connectivity index (χ0v) is 16.7. The first-order valence-electron chi connectivity index (χ1n) is 10.7. The van der Waals surface area contributed by atoms with E-state index in [9.17, 15) is 14.4 Å².